The number of ether oxygens (including phenoxy) is 1. The predicted molar refractivity (Wildman–Crippen MR) is 73.6 cm³/mol. The highest BCUT2D eigenvalue weighted by Gasteiger charge is 2.28. The topological polar surface area (TPSA) is 78.4 Å². The van der Waals surface area contributed by atoms with E-state index in [0.717, 1.165) is 25.7 Å². The average molecular weight is 285 g/mol. The molecule has 0 bridgehead atoms. The summed E-state index contributed by atoms with van der Waals surface area (Å²) in [7, 11) is 0. The van der Waals surface area contributed by atoms with Gasteiger partial charge in [-0.25, -0.2) is 0 Å². The molecule has 6 heteroatoms. The zero-order valence-corrected chi connectivity index (χ0v) is 11.4. The fourth-order valence-corrected chi connectivity index (χ4v) is 2.57. The van der Waals surface area contributed by atoms with E-state index in [1.807, 2.05) is 0 Å². The van der Waals surface area contributed by atoms with Crippen LogP contribution in [0.4, 0.5) is 5.69 Å². The van der Waals surface area contributed by atoms with E-state index in [9.17, 15) is 10.1 Å². The molecule has 0 amide bonds. The Morgan fingerprint density at radius 2 is 2.05 bits per heavy atom. The van der Waals surface area contributed by atoms with Crippen molar-refractivity contribution < 1.29 is 9.66 Å². The molecule has 1 aromatic carbocycles. The lowest BCUT2D eigenvalue weighted by molar-refractivity contribution is -0.384. The third-order valence-corrected chi connectivity index (χ3v) is 3.79. The summed E-state index contributed by atoms with van der Waals surface area (Å²) in [4.78, 5) is 10.1. The molecular formula is C13H17ClN2O3. The number of hydrogen-bond donors (Lipinski definition) is 1. The number of nitro groups is 1. The number of halogens is 1. The van der Waals surface area contributed by atoms with E-state index in [1.165, 1.54) is 24.6 Å². The molecular weight excluding hydrogens is 268 g/mol. The molecule has 2 rings (SSSR count). The van der Waals surface area contributed by atoms with Crippen molar-refractivity contribution in [2.75, 3.05) is 6.61 Å². The molecule has 19 heavy (non-hydrogen) atoms. The van der Waals surface area contributed by atoms with Gasteiger partial charge in [0.05, 0.1) is 15.5 Å². The highest BCUT2D eigenvalue weighted by Crippen LogP contribution is 2.31. The minimum absolute atomic E-state index is 0.0440. The number of nitrogens with zero attached hydrogens (tertiary/aromatic N) is 1. The number of rotatable bonds is 4. The molecule has 1 saturated carbocycles. The van der Waals surface area contributed by atoms with Crippen molar-refractivity contribution >= 4 is 17.3 Å². The molecule has 0 radical (unpaired) electrons. The molecule has 0 spiro atoms. The Morgan fingerprint density at radius 1 is 1.37 bits per heavy atom. The average Bonchev–Trinajstić information content (AvgIpc) is 2.38. The van der Waals surface area contributed by atoms with Crippen molar-refractivity contribution in [2.45, 2.75) is 37.6 Å². The van der Waals surface area contributed by atoms with E-state index in [4.69, 9.17) is 22.1 Å². The molecule has 0 aliphatic heterocycles. The van der Waals surface area contributed by atoms with Gasteiger partial charge in [0, 0.05) is 12.1 Å². The van der Waals surface area contributed by atoms with Crippen LogP contribution in [0.1, 0.15) is 32.1 Å². The van der Waals surface area contributed by atoms with Gasteiger partial charge < -0.3 is 10.5 Å². The summed E-state index contributed by atoms with van der Waals surface area (Å²) < 4.78 is 5.63. The Labute approximate surface area is 116 Å². The Hall–Kier alpha value is -1.33. The Balaban J connectivity index is 2.01. The maximum Gasteiger partial charge on any atom is 0.271 e. The minimum atomic E-state index is -0.485. The fourth-order valence-electron chi connectivity index (χ4n) is 2.34. The van der Waals surface area contributed by atoms with Crippen LogP contribution < -0.4 is 10.5 Å². The van der Waals surface area contributed by atoms with Crippen molar-refractivity contribution in [3.8, 4) is 5.75 Å². The van der Waals surface area contributed by atoms with Crippen LogP contribution in [0, 0.1) is 10.1 Å². The van der Waals surface area contributed by atoms with Crippen molar-refractivity contribution in [3.63, 3.8) is 0 Å². The summed E-state index contributed by atoms with van der Waals surface area (Å²) in [6, 6.07) is 4.19. The van der Waals surface area contributed by atoms with Crippen molar-refractivity contribution in [3.05, 3.63) is 33.3 Å². The van der Waals surface area contributed by atoms with Gasteiger partial charge in [0.1, 0.15) is 12.4 Å². The van der Waals surface area contributed by atoms with Crippen LogP contribution in [0.15, 0.2) is 18.2 Å². The van der Waals surface area contributed by atoms with Crippen molar-refractivity contribution in [2.24, 2.45) is 5.73 Å². The van der Waals surface area contributed by atoms with Gasteiger partial charge in [-0.05, 0) is 18.9 Å². The van der Waals surface area contributed by atoms with Gasteiger partial charge in [-0.15, -0.1) is 0 Å². The lowest BCUT2D eigenvalue weighted by Crippen LogP contribution is -2.47. The largest absolute Gasteiger partial charge is 0.490 e. The first-order chi connectivity index (χ1) is 9.00. The lowest BCUT2D eigenvalue weighted by Gasteiger charge is -2.33. The number of benzene rings is 1. The monoisotopic (exact) mass is 284 g/mol. The van der Waals surface area contributed by atoms with E-state index < -0.39 is 4.92 Å². The maximum absolute atomic E-state index is 10.6. The second kappa shape index (κ2) is 5.75. The SMILES string of the molecule is NC1(COc2ccc([N+](=O)[O-])cc2Cl)CCCCC1. The summed E-state index contributed by atoms with van der Waals surface area (Å²) in [5.74, 6) is 0.447. The molecule has 1 aliphatic carbocycles. The third kappa shape index (κ3) is 3.58. The third-order valence-electron chi connectivity index (χ3n) is 3.49. The van der Waals surface area contributed by atoms with Crippen LogP contribution in [0.3, 0.4) is 0 Å². The summed E-state index contributed by atoms with van der Waals surface area (Å²) in [6.07, 6.45) is 5.34. The van der Waals surface area contributed by atoms with Crippen LogP contribution in [0.25, 0.3) is 0 Å². The minimum Gasteiger partial charge on any atom is -0.490 e. The number of nitrogens with two attached hydrogens (primary N) is 1. The lowest BCUT2D eigenvalue weighted by atomic mass is 9.83. The summed E-state index contributed by atoms with van der Waals surface area (Å²) in [6.45, 7) is 0.393. The van der Waals surface area contributed by atoms with E-state index in [1.54, 1.807) is 0 Å². The second-order valence-corrected chi connectivity index (χ2v) is 5.49. The molecule has 1 aromatic rings. The smallest absolute Gasteiger partial charge is 0.271 e. The molecule has 1 fully saturated rings. The first-order valence-electron chi connectivity index (χ1n) is 6.36. The normalized spacial score (nSPS) is 18.0. The molecule has 0 saturated heterocycles. The van der Waals surface area contributed by atoms with E-state index in [2.05, 4.69) is 0 Å². The quantitative estimate of drug-likeness (QED) is 0.680. The maximum atomic E-state index is 10.6. The summed E-state index contributed by atoms with van der Waals surface area (Å²) in [5, 5.41) is 10.9. The van der Waals surface area contributed by atoms with E-state index in [0.29, 0.717) is 12.4 Å². The molecule has 2 N–H and O–H groups in total. The fraction of sp³-hybridized carbons (Fsp3) is 0.538. The van der Waals surface area contributed by atoms with Crippen molar-refractivity contribution in [1.29, 1.82) is 0 Å². The zero-order valence-electron chi connectivity index (χ0n) is 10.6. The molecule has 0 aromatic heterocycles. The Bertz CT molecular complexity index is 473. The first kappa shape index (κ1) is 14.1. The van der Waals surface area contributed by atoms with Gasteiger partial charge in [-0.2, -0.15) is 0 Å². The molecule has 104 valence electrons. The first-order valence-corrected chi connectivity index (χ1v) is 6.74. The van der Waals surface area contributed by atoms with Crippen LogP contribution in [0.2, 0.25) is 5.02 Å². The van der Waals surface area contributed by atoms with Crippen LogP contribution in [-0.4, -0.2) is 17.1 Å². The Kier molecular flexibility index (Phi) is 4.27. The van der Waals surface area contributed by atoms with Gasteiger partial charge in [0.15, 0.2) is 0 Å². The number of nitro benzene ring substituents is 1. The summed E-state index contributed by atoms with van der Waals surface area (Å²) in [5.41, 5.74) is 5.91. The van der Waals surface area contributed by atoms with Crippen LogP contribution in [-0.2, 0) is 0 Å². The van der Waals surface area contributed by atoms with E-state index >= 15 is 0 Å². The Morgan fingerprint density at radius 3 is 2.63 bits per heavy atom. The van der Waals surface area contributed by atoms with Crippen LogP contribution in [0.5, 0.6) is 5.75 Å². The van der Waals surface area contributed by atoms with Crippen LogP contribution >= 0.6 is 11.6 Å². The van der Waals surface area contributed by atoms with Gasteiger partial charge >= 0.3 is 0 Å². The molecule has 1 aliphatic rings. The highest BCUT2D eigenvalue weighted by atomic mass is 35.5. The predicted octanol–water partition coefficient (Wildman–Crippen LogP) is 3.29. The zero-order chi connectivity index (χ0) is 13.9. The van der Waals surface area contributed by atoms with E-state index in [-0.39, 0.29) is 16.2 Å². The molecule has 0 atom stereocenters. The number of hydrogen-bond acceptors (Lipinski definition) is 4. The van der Waals surface area contributed by atoms with Gasteiger partial charge in [-0.3, -0.25) is 10.1 Å². The second-order valence-electron chi connectivity index (χ2n) is 5.08. The number of non-ortho nitro benzene ring substituents is 1. The summed E-state index contributed by atoms with van der Waals surface area (Å²) >= 11 is 5.97. The van der Waals surface area contributed by atoms with Gasteiger partial charge in [0.2, 0.25) is 0 Å². The van der Waals surface area contributed by atoms with Crippen molar-refractivity contribution in [1.82, 2.24) is 0 Å². The standard InChI is InChI=1S/C13H17ClN2O3/c14-11-8-10(16(17)18)4-5-12(11)19-9-13(15)6-2-1-3-7-13/h4-5,8H,1-3,6-7,9,15H2. The highest BCUT2D eigenvalue weighted by molar-refractivity contribution is 6.32. The molecule has 0 heterocycles. The van der Waals surface area contributed by atoms with Gasteiger partial charge in [0.25, 0.3) is 5.69 Å². The molecule has 0 unspecified atom stereocenters. The molecule has 5 nitrogen and oxygen atoms in total. The van der Waals surface area contributed by atoms with Gasteiger partial charge in [-0.1, -0.05) is 30.9 Å².